The van der Waals surface area contributed by atoms with E-state index in [0.29, 0.717) is 6.42 Å². The normalized spacial score (nSPS) is 11.1. The highest BCUT2D eigenvalue weighted by molar-refractivity contribution is 9.11. The lowest BCUT2D eigenvalue weighted by Crippen LogP contribution is -1.95. The summed E-state index contributed by atoms with van der Waals surface area (Å²) >= 11 is 5.01. The standard InChI is InChI=1S/C9H9BrN2OS/c1-5-6(2)12-7(3-4-13)8(10)14-9(12)11-5/h4H,3H2,1-2H3. The second-order valence-corrected chi connectivity index (χ2v) is 5.39. The topological polar surface area (TPSA) is 34.4 Å². The van der Waals surface area contributed by atoms with E-state index >= 15 is 0 Å². The van der Waals surface area contributed by atoms with Gasteiger partial charge < -0.3 is 4.79 Å². The summed E-state index contributed by atoms with van der Waals surface area (Å²) in [5.41, 5.74) is 3.13. The van der Waals surface area contributed by atoms with Crippen molar-refractivity contribution in [2.75, 3.05) is 0 Å². The Morgan fingerprint density at radius 3 is 2.93 bits per heavy atom. The first-order valence-electron chi connectivity index (χ1n) is 4.21. The van der Waals surface area contributed by atoms with E-state index in [2.05, 4.69) is 20.9 Å². The minimum atomic E-state index is 0.428. The van der Waals surface area contributed by atoms with E-state index in [4.69, 9.17) is 0 Å². The van der Waals surface area contributed by atoms with E-state index in [0.717, 1.165) is 32.1 Å². The molecule has 2 aromatic heterocycles. The van der Waals surface area contributed by atoms with Gasteiger partial charge in [0.05, 0.1) is 15.2 Å². The number of nitrogens with zero attached hydrogens (tertiary/aromatic N) is 2. The molecule has 0 aliphatic carbocycles. The van der Waals surface area contributed by atoms with Crippen molar-refractivity contribution < 1.29 is 4.79 Å². The molecule has 5 heteroatoms. The number of aromatic nitrogens is 2. The van der Waals surface area contributed by atoms with Crippen molar-refractivity contribution in [1.29, 1.82) is 0 Å². The molecule has 3 nitrogen and oxygen atoms in total. The fraction of sp³-hybridized carbons (Fsp3) is 0.333. The fourth-order valence-electron chi connectivity index (χ4n) is 1.44. The molecule has 0 aromatic carbocycles. The molecule has 0 spiro atoms. The molecule has 0 unspecified atom stereocenters. The molecular formula is C9H9BrN2OS. The van der Waals surface area contributed by atoms with Crippen LogP contribution in [0.5, 0.6) is 0 Å². The van der Waals surface area contributed by atoms with Crippen molar-refractivity contribution in [2.45, 2.75) is 20.3 Å². The van der Waals surface area contributed by atoms with Crippen molar-refractivity contribution >= 4 is 38.5 Å². The lowest BCUT2D eigenvalue weighted by atomic mass is 10.3. The molecule has 0 aliphatic rings. The van der Waals surface area contributed by atoms with E-state index in [1.165, 1.54) is 0 Å². The number of carbonyl (C=O) groups excluding carboxylic acids is 1. The number of fused-ring (bicyclic) bond motifs is 1. The lowest BCUT2D eigenvalue weighted by molar-refractivity contribution is -0.107. The highest BCUT2D eigenvalue weighted by Gasteiger charge is 2.14. The first-order chi connectivity index (χ1) is 6.65. The van der Waals surface area contributed by atoms with Gasteiger partial charge >= 0.3 is 0 Å². The Morgan fingerprint density at radius 1 is 1.57 bits per heavy atom. The van der Waals surface area contributed by atoms with Crippen LogP contribution in [-0.2, 0) is 11.2 Å². The summed E-state index contributed by atoms with van der Waals surface area (Å²) in [4.78, 5) is 15.9. The van der Waals surface area contributed by atoms with Crippen LogP contribution in [0.15, 0.2) is 3.79 Å². The van der Waals surface area contributed by atoms with Crippen molar-refractivity contribution in [3.05, 3.63) is 20.9 Å². The number of aryl methyl sites for hydroxylation is 2. The van der Waals surface area contributed by atoms with E-state index < -0.39 is 0 Å². The van der Waals surface area contributed by atoms with E-state index in [1.54, 1.807) is 11.3 Å². The smallest absolute Gasteiger partial charge is 0.195 e. The second-order valence-electron chi connectivity index (χ2n) is 3.09. The van der Waals surface area contributed by atoms with Crippen molar-refractivity contribution in [2.24, 2.45) is 0 Å². The van der Waals surface area contributed by atoms with Crippen LogP contribution in [0.3, 0.4) is 0 Å². The molecule has 0 saturated carbocycles. The number of hydrogen-bond acceptors (Lipinski definition) is 3. The SMILES string of the molecule is Cc1nc2sc(Br)c(CC=O)n2c1C. The molecule has 0 amide bonds. The van der Waals surface area contributed by atoms with Gasteiger partial charge in [-0.1, -0.05) is 11.3 Å². The Bertz CT molecular complexity index is 500. The van der Waals surface area contributed by atoms with Gasteiger partial charge in [0.2, 0.25) is 0 Å². The van der Waals surface area contributed by atoms with Gasteiger partial charge in [0, 0.05) is 12.1 Å². The Morgan fingerprint density at radius 2 is 2.29 bits per heavy atom. The number of aldehydes is 1. The van der Waals surface area contributed by atoms with Crippen LogP contribution in [0.2, 0.25) is 0 Å². The number of hydrogen-bond donors (Lipinski definition) is 0. The maximum atomic E-state index is 10.5. The maximum Gasteiger partial charge on any atom is 0.195 e. The molecule has 2 heterocycles. The zero-order chi connectivity index (χ0) is 10.3. The quantitative estimate of drug-likeness (QED) is 0.788. The first kappa shape index (κ1) is 9.86. The molecule has 0 saturated heterocycles. The van der Waals surface area contributed by atoms with Gasteiger partial charge in [-0.25, -0.2) is 4.98 Å². The van der Waals surface area contributed by atoms with Gasteiger partial charge in [-0.3, -0.25) is 4.40 Å². The van der Waals surface area contributed by atoms with Gasteiger partial charge in [0.1, 0.15) is 6.29 Å². The van der Waals surface area contributed by atoms with Crippen LogP contribution in [-0.4, -0.2) is 15.7 Å². The molecule has 0 fully saturated rings. The summed E-state index contributed by atoms with van der Waals surface area (Å²) in [6, 6.07) is 0. The molecular weight excluding hydrogens is 264 g/mol. The Kier molecular flexibility index (Phi) is 2.45. The molecule has 0 aliphatic heterocycles. The second kappa shape index (κ2) is 3.47. The van der Waals surface area contributed by atoms with E-state index in [9.17, 15) is 4.79 Å². The van der Waals surface area contributed by atoms with Crippen LogP contribution >= 0.6 is 27.3 Å². The predicted molar refractivity (Wildman–Crippen MR) is 60.0 cm³/mol. The van der Waals surface area contributed by atoms with Crippen LogP contribution in [0.4, 0.5) is 0 Å². The number of carbonyl (C=O) groups is 1. The third-order valence-electron chi connectivity index (χ3n) is 2.27. The van der Waals surface area contributed by atoms with Gasteiger partial charge in [0.25, 0.3) is 0 Å². The van der Waals surface area contributed by atoms with Gasteiger partial charge in [0.15, 0.2) is 4.96 Å². The molecule has 0 radical (unpaired) electrons. The maximum absolute atomic E-state index is 10.5. The summed E-state index contributed by atoms with van der Waals surface area (Å²) in [5.74, 6) is 0. The summed E-state index contributed by atoms with van der Waals surface area (Å²) in [6.07, 6.45) is 1.35. The van der Waals surface area contributed by atoms with Gasteiger partial charge in [-0.15, -0.1) is 0 Å². The zero-order valence-electron chi connectivity index (χ0n) is 7.87. The monoisotopic (exact) mass is 272 g/mol. The third kappa shape index (κ3) is 1.31. The van der Waals surface area contributed by atoms with Crippen LogP contribution < -0.4 is 0 Å². The van der Waals surface area contributed by atoms with Crippen LogP contribution in [0, 0.1) is 13.8 Å². The highest BCUT2D eigenvalue weighted by atomic mass is 79.9. The number of rotatable bonds is 2. The Balaban J connectivity index is 2.77. The lowest BCUT2D eigenvalue weighted by Gasteiger charge is -1.97. The van der Waals surface area contributed by atoms with Crippen molar-refractivity contribution in [3.8, 4) is 0 Å². The van der Waals surface area contributed by atoms with E-state index in [1.807, 2.05) is 18.2 Å². The fourth-order valence-corrected chi connectivity index (χ4v) is 3.19. The zero-order valence-corrected chi connectivity index (χ0v) is 10.3. The summed E-state index contributed by atoms with van der Waals surface area (Å²) in [6.45, 7) is 4.00. The Labute approximate surface area is 93.9 Å². The highest BCUT2D eigenvalue weighted by Crippen LogP contribution is 2.30. The minimum Gasteiger partial charge on any atom is -0.303 e. The van der Waals surface area contributed by atoms with Crippen LogP contribution in [0.1, 0.15) is 17.1 Å². The molecule has 0 bridgehead atoms. The molecule has 2 rings (SSSR count). The van der Waals surface area contributed by atoms with Crippen LogP contribution in [0.25, 0.3) is 4.96 Å². The van der Waals surface area contributed by atoms with E-state index in [-0.39, 0.29) is 0 Å². The molecule has 14 heavy (non-hydrogen) atoms. The number of thiazole rings is 1. The third-order valence-corrected chi connectivity index (χ3v) is 4.08. The first-order valence-corrected chi connectivity index (χ1v) is 5.82. The molecule has 0 N–H and O–H groups in total. The minimum absolute atomic E-state index is 0.428. The molecule has 2 aromatic rings. The van der Waals surface area contributed by atoms with Crippen molar-refractivity contribution in [1.82, 2.24) is 9.38 Å². The summed E-state index contributed by atoms with van der Waals surface area (Å²) in [5, 5.41) is 0. The average molecular weight is 273 g/mol. The van der Waals surface area contributed by atoms with Gasteiger partial charge in [-0.2, -0.15) is 0 Å². The average Bonchev–Trinajstić information content (AvgIpc) is 2.55. The summed E-state index contributed by atoms with van der Waals surface area (Å²) < 4.78 is 3.04. The molecule has 74 valence electrons. The Hall–Kier alpha value is -0.680. The number of imidazole rings is 1. The summed E-state index contributed by atoms with van der Waals surface area (Å²) in [7, 11) is 0. The number of halogens is 1. The largest absolute Gasteiger partial charge is 0.303 e. The molecule has 0 atom stereocenters. The predicted octanol–water partition coefficient (Wildman–Crippen LogP) is 2.52. The van der Waals surface area contributed by atoms with Crippen molar-refractivity contribution in [3.63, 3.8) is 0 Å². The van der Waals surface area contributed by atoms with Gasteiger partial charge in [-0.05, 0) is 29.8 Å².